The molecule has 10 rings (SSSR count). The van der Waals surface area contributed by atoms with E-state index in [0.717, 1.165) is 38.5 Å². The highest BCUT2D eigenvalue weighted by molar-refractivity contribution is 14.1. The van der Waals surface area contributed by atoms with Crippen LogP contribution in [0, 0.1) is 49.9 Å². The van der Waals surface area contributed by atoms with E-state index < -0.39 is 35.1 Å². The lowest BCUT2D eigenvalue weighted by atomic mass is 9.49. The summed E-state index contributed by atoms with van der Waals surface area (Å²) in [5.74, 6) is 3.44. The molecule has 8 aliphatic carbocycles. The van der Waals surface area contributed by atoms with E-state index in [4.69, 9.17) is 14.2 Å². The average molecular weight is 679 g/mol. The summed E-state index contributed by atoms with van der Waals surface area (Å²) in [7, 11) is 0. The lowest BCUT2D eigenvalue weighted by Crippen LogP contribution is -2.52. The predicted octanol–water partition coefficient (Wildman–Crippen LogP) is 4.32. The summed E-state index contributed by atoms with van der Waals surface area (Å²) in [6.07, 6.45) is 12.6. The van der Waals surface area contributed by atoms with Crippen molar-refractivity contribution in [1.29, 1.82) is 0 Å². The molecule has 0 spiro atoms. The van der Waals surface area contributed by atoms with E-state index in [0.29, 0.717) is 39.1 Å². The van der Waals surface area contributed by atoms with Crippen LogP contribution in [0.4, 0.5) is 0 Å². The molecule has 1 N–H and O–H groups in total. The van der Waals surface area contributed by atoms with Gasteiger partial charge in [0.05, 0.1) is 14.4 Å². The van der Waals surface area contributed by atoms with E-state index in [1.54, 1.807) is 0 Å². The smallest absolute Gasteiger partial charge is 0.330 e. The van der Waals surface area contributed by atoms with Gasteiger partial charge in [0.1, 0.15) is 25.0 Å². The Bertz CT molecular complexity index is 1310. The van der Waals surface area contributed by atoms with Crippen molar-refractivity contribution in [2.45, 2.75) is 102 Å². The summed E-state index contributed by atoms with van der Waals surface area (Å²) in [5.41, 5.74) is -1.82. The highest BCUT2D eigenvalue weighted by Crippen LogP contribution is 2.61. The number of ether oxygens (including phenoxy) is 3. The van der Waals surface area contributed by atoms with Gasteiger partial charge in [0.15, 0.2) is 0 Å². The van der Waals surface area contributed by atoms with E-state index in [9.17, 15) is 19.2 Å². The van der Waals surface area contributed by atoms with Crippen molar-refractivity contribution in [2.24, 2.45) is 46.3 Å². The Morgan fingerprint density at radius 3 is 1.83 bits per heavy atom. The van der Waals surface area contributed by atoms with Crippen LogP contribution in [-0.4, -0.2) is 40.3 Å². The topological polar surface area (TPSA) is 117 Å². The molecule has 2 heterocycles. The Balaban J connectivity index is 1.02. The van der Waals surface area contributed by atoms with Crippen LogP contribution >= 0.6 is 22.6 Å². The molecule has 3 atom stereocenters. The van der Waals surface area contributed by atoms with Gasteiger partial charge in [-0.25, -0.2) is 4.79 Å². The van der Waals surface area contributed by atoms with Gasteiger partial charge in [0.2, 0.25) is 0 Å². The largest absolute Gasteiger partial charge is 0.462 e. The van der Waals surface area contributed by atoms with E-state index >= 15 is 0 Å². The normalized spacial score (nSPS) is 45.2. The quantitative estimate of drug-likeness (QED) is 0.352. The second-order valence-corrected chi connectivity index (χ2v) is 16.1. The lowest BCUT2D eigenvalue weighted by molar-refractivity contribution is -0.185. The number of halogens is 1. The second kappa shape index (κ2) is 9.66. The molecule has 0 unspecified atom stereocenters. The van der Waals surface area contributed by atoms with Crippen molar-refractivity contribution in [3.63, 3.8) is 0 Å². The van der Waals surface area contributed by atoms with Crippen molar-refractivity contribution in [3.05, 3.63) is 30.6 Å². The molecule has 1 aliphatic heterocycles. The summed E-state index contributed by atoms with van der Waals surface area (Å²) in [6, 6.07) is 0. The number of nitrogens with zero attached hydrogens (tertiary/aromatic N) is 1. The SMILES string of the molecule is O=C(OC[C@H]1O[C@@H](n2cc(I)c(=O)[nH]c2=O)C[C@@H]1OC(=O)C12CC3CC(CC(C3)C1)C2)C12CC3CC(CC(C3)C1)C2. The van der Waals surface area contributed by atoms with Gasteiger partial charge in [-0.05, 0) is 135 Å². The first-order valence-electron chi connectivity index (χ1n) is 15.7. The number of aromatic amines is 1. The zero-order chi connectivity index (χ0) is 28.1. The van der Waals surface area contributed by atoms with Crippen LogP contribution in [0.1, 0.15) is 89.7 Å². The van der Waals surface area contributed by atoms with Crippen LogP contribution in [0.2, 0.25) is 0 Å². The number of nitrogens with one attached hydrogen (secondary N) is 1. The monoisotopic (exact) mass is 678 g/mol. The third kappa shape index (κ3) is 4.55. The molecule has 0 amide bonds. The van der Waals surface area contributed by atoms with Gasteiger partial charge >= 0.3 is 17.6 Å². The Labute approximate surface area is 252 Å². The van der Waals surface area contributed by atoms with Gasteiger partial charge in [0.25, 0.3) is 5.56 Å². The molecule has 8 saturated carbocycles. The Kier molecular flexibility index (Phi) is 6.34. The van der Waals surface area contributed by atoms with E-state index in [1.807, 2.05) is 22.6 Å². The van der Waals surface area contributed by atoms with Gasteiger partial charge < -0.3 is 14.2 Å². The second-order valence-electron chi connectivity index (χ2n) is 14.9. The molecule has 222 valence electrons. The number of esters is 2. The molecular formula is C31H39IN2O7. The first-order chi connectivity index (χ1) is 19.7. The maximum Gasteiger partial charge on any atom is 0.330 e. The van der Waals surface area contributed by atoms with E-state index in [1.165, 1.54) is 49.3 Å². The highest BCUT2D eigenvalue weighted by Gasteiger charge is 2.58. The Hall–Kier alpha value is -1.69. The molecule has 9 nitrogen and oxygen atoms in total. The van der Waals surface area contributed by atoms with Crippen LogP contribution in [0.5, 0.6) is 0 Å². The fourth-order valence-electron chi connectivity index (χ4n) is 11.1. The fourth-order valence-corrected chi connectivity index (χ4v) is 11.5. The van der Waals surface area contributed by atoms with Crippen molar-refractivity contribution >= 4 is 34.5 Å². The Morgan fingerprint density at radius 1 is 0.829 bits per heavy atom. The minimum atomic E-state index is -0.731. The van der Waals surface area contributed by atoms with Crippen molar-refractivity contribution in [1.82, 2.24) is 9.55 Å². The van der Waals surface area contributed by atoms with Gasteiger partial charge in [0, 0.05) is 12.6 Å². The first-order valence-corrected chi connectivity index (χ1v) is 16.8. The van der Waals surface area contributed by atoms with Crippen LogP contribution in [0.3, 0.4) is 0 Å². The minimum absolute atomic E-state index is 0.00883. The van der Waals surface area contributed by atoms with Crippen LogP contribution in [0.15, 0.2) is 15.8 Å². The average Bonchev–Trinajstić information content (AvgIpc) is 3.30. The summed E-state index contributed by atoms with van der Waals surface area (Å²) < 4.78 is 20.3. The van der Waals surface area contributed by atoms with Crippen molar-refractivity contribution < 1.29 is 23.8 Å². The predicted molar refractivity (Wildman–Crippen MR) is 155 cm³/mol. The lowest BCUT2D eigenvalue weighted by Gasteiger charge is -2.55. The molecule has 1 aromatic heterocycles. The molecule has 8 bridgehead atoms. The molecule has 1 saturated heterocycles. The minimum Gasteiger partial charge on any atom is -0.462 e. The van der Waals surface area contributed by atoms with Crippen LogP contribution in [-0.2, 0) is 23.8 Å². The number of carbonyl (C=O) groups excluding carboxylic acids is 2. The summed E-state index contributed by atoms with van der Waals surface area (Å²) in [5, 5.41) is 0. The Morgan fingerprint density at radius 2 is 1.32 bits per heavy atom. The summed E-state index contributed by atoms with van der Waals surface area (Å²) in [6.45, 7) is -0.00883. The zero-order valence-electron chi connectivity index (χ0n) is 23.4. The number of rotatable bonds is 6. The molecule has 1 aromatic rings. The van der Waals surface area contributed by atoms with Gasteiger partial charge in [-0.1, -0.05) is 0 Å². The van der Waals surface area contributed by atoms with E-state index in [-0.39, 0.29) is 30.4 Å². The molecular weight excluding hydrogens is 639 g/mol. The molecule has 41 heavy (non-hydrogen) atoms. The number of hydrogen-bond acceptors (Lipinski definition) is 7. The molecule has 10 heteroatoms. The fraction of sp³-hybridized carbons (Fsp3) is 0.806. The number of carbonyl (C=O) groups is 2. The summed E-state index contributed by atoms with van der Waals surface area (Å²) in [4.78, 5) is 54.5. The maximum absolute atomic E-state index is 13.9. The van der Waals surface area contributed by atoms with Crippen molar-refractivity contribution in [3.8, 4) is 0 Å². The number of aromatic nitrogens is 2. The number of H-pyrrole nitrogens is 1. The summed E-state index contributed by atoms with van der Waals surface area (Å²) >= 11 is 1.89. The third-order valence-electron chi connectivity index (χ3n) is 12.0. The maximum atomic E-state index is 13.9. The first kappa shape index (κ1) is 26.9. The van der Waals surface area contributed by atoms with Gasteiger partial charge in [-0.3, -0.25) is 23.9 Å². The number of hydrogen-bond donors (Lipinski definition) is 1. The van der Waals surface area contributed by atoms with E-state index in [2.05, 4.69) is 4.98 Å². The highest BCUT2D eigenvalue weighted by atomic mass is 127. The third-order valence-corrected chi connectivity index (χ3v) is 12.8. The van der Waals surface area contributed by atoms with Crippen LogP contribution < -0.4 is 11.2 Å². The molecule has 9 fully saturated rings. The van der Waals surface area contributed by atoms with Gasteiger partial charge in [-0.15, -0.1) is 0 Å². The van der Waals surface area contributed by atoms with Gasteiger partial charge in [-0.2, -0.15) is 0 Å². The molecule has 9 aliphatic rings. The van der Waals surface area contributed by atoms with Crippen LogP contribution in [0.25, 0.3) is 0 Å². The standard InChI is InChI=1S/C31H39IN2O7/c32-22-14-34(29(38)33-26(22)35)25-7-23(41-28(37)31-11-19-4-20(12-31)6-21(5-19)13-31)24(40-25)15-39-27(36)30-8-16-1-17(9-30)3-18(2-16)10-30/h14,16-21,23-25H,1-13,15H2,(H,33,35,38)/t16?,17?,18?,19?,20?,21?,23-,24+,25+,30?,31?/m0/s1. The molecule has 0 radical (unpaired) electrons. The molecule has 0 aromatic carbocycles. The van der Waals surface area contributed by atoms with Crippen molar-refractivity contribution in [2.75, 3.05) is 6.61 Å². The zero-order valence-corrected chi connectivity index (χ0v) is 25.5.